The second kappa shape index (κ2) is 16.0. The van der Waals surface area contributed by atoms with E-state index in [0.717, 1.165) is 31.5 Å². The molecule has 2 aliphatic rings. The van der Waals surface area contributed by atoms with Gasteiger partial charge in [-0.3, -0.25) is 0 Å². The lowest BCUT2D eigenvalue weighted by Gasteiger charge is -2.30. The Morgan fingerprint density at radius 3 is 2.06 bits per heavy atom. The van der Waals surface area contributed by atoms with Crippen molar-refractivity contribution in [1.29, 1.82) is 5.26 Å². The molecule has 0 spiro atoms. The molecule has 254 valence electrons. The number of nitrogens with zero attached hydrogens (tertiary/aromatic N) is 4. The summed E-state index contributed by atoms with van der Waals surface area (Å²) in [6.07, 6.45) is 14.4. The molecule has 0 aromatic heterocycles. The summed E-state index contributed by atoms with van der Waals surface area (Å²) < 4.78 is 18.2. The number of anilines is 1. The molecule has 7 nitrogen and oxygen atoms in total. The zero-order valence-electron chi connectivity index (χ0n) is 30.5. The monoisotopic (exact) mass is 680 g/mol. The summed E-state index contributed by atoms with van der Waals surface area (Å²) in [5, 5.41) is 9.35. The highest BCUT2D eigenvalue weighted by Crippen LogP contribution is 2.42. The summed E-state index contributed by atoms with van der Waals surface area (Å²) >= 11 is 0. The molecule has 1 aliphatic carbocycles. The topological polar surface area (TPSA) is 63.4 Å². The fourth-order valence-corrected chi connectivity index (χ4v) is 7.13. The van der Waals surface area contributed by atoms with E-state index < -0.39 is 22.2 Å². The molecular weight excluding hydrogens is 629 g/mol. The SMILES string of the molecule is [C-]#[N+]C1=C(/C=C/C=C2C=C(/C=C/c3ccc(N(CCO[Si](C)(C)C)CCO[Si](C)(C)C)cc3)CC(C)(C)C/2)C(C)(C)O/C1=C(\C#N)[N+]#[C-]. The summed E-state index contributed by atoms with van der Waals surface area (Å²) in [6.45, 7) is 39.7. The van der Waals surface area contributed by atoms with Gasteiger partial charge in [-0.2, -0.15) is 0 Å². The fraction of sp³-hybridized carbons (Fsp3) is 0.462. The minimum absolute atomic E-state index is 0.0683. The van der Waals surface area contributed by atoms with Crippen LogP contribution in [0.4, 0.5) is 5.69 Å². The third kappa shape index (κ3) is 11.7. The van der Waals surface area contributed by atoms with Crippen molar-refractivity contribution in [3.63, 3.8) is 0 Å². The average Bonchev–Trinajstić information content (AvgIpc) is 3.23. The summed E-state index contributed by atoms with van der Waals surface area (Å²) in [6, 6.07) is 10.6. The predicted octanol–water partition coefficient (Wildman–Crippen LogP) is 10.1. The highest BCUT2D eigenvalue weighted by atomic mass is 28.4. The van der Waals surface area contributed by atoms with Crippen LogP contribution in [0.5, 0.6) is 0 Å². The first-order valence-electron chi connectivity index (χ1n) is 16.6. The van der Waals surface area contributed by atoms with Crippen LogP contribution in [0, 0.1) is 29.9 Å². The van der Waals surface area contributed by atoms with Gasteiger partial charge < -0.3 is 18.5 Å². The number of nitriles is 1. The van der Waals surface area contributed by atoms with Gasteiger partial charge in [-0.05, 0) is 100 Å². The lowest BCUT2D eigenvalue weighted by atomic mass is 9.75. The Balaban J connectivity index is 1.80. The van der Waals surface area contributed by atoms with E-state index in [0.29, 0.717) is 18.8 Å². The third-order valence-electron chi connectivity index (χ3n) is 7.87. The molecular formula is C39H52N4O3Si2. The lowest BCUT2D eigenvalue weighted by Crippen LogP contribution is -2.37. The van der Waals surface area contributed by atoms with E-state index in [1.807, 2.05) is 32.1 Å². The minimum atomic E-state index is -1.58. The van der Waals surface area contributed by atoms with Gasteiger partial charge >= 0.3 is 0 Å². The van der Waals surface area contributed by atoms with Crippen molar-refractivity contribution in [3.8, 4) is 6.07 Å². The molecule has 0 fully saturated rings. The van der Waals surface area contributed by atoms with E-state index in [1.165, 1.54) is 16.8 Å². The predicted molar refractivity (Wildman–Crippen MR) is 203 cm³/mol. The number of hydrogen-bond acceptors (Lipinski definition) is 5. The first kappa shape index (κ1) is 38.5. The molecule has 1 aromatic rings. The maximum Gasteiger partial charge on any atom is 0.292 e. The Hall–Kier alpha value is -3.92. The van der Waals surface area contributed by atoms with Crippen molar-refractivity contribution >= 4 is 28.4 Å². The minimum Gasteiger partial charge on any atom is -0.505 e. The van der Waals surface area contributed by atoms with E-state index in [4.69, 9.17) is 26.7 Å². The van der Waals surface area contributed by atoms with Gasteiger partial charge in [0.15, 0.2) is 16.6 Å². The molecule has 9 heteroatoms. The lowest BCUT2D eigenvalue weighted by molar-refractivity contribution is 0.0951. The van der Waals surface area contributed by atoms with Crippen LogP contribution in [-0.2, 0) is 13.6 Å². The number of hydrogen-bond donors (Lipinski definition) is 0. The summed E-state index contributed by atoms with van der Waals surface area (Å²) in [7, 11) is -3.16. The molecule has 0 radical (unpaired) electrons. The van der Waals surface area contributed by atoms with Crippen LogP contribution in [-0.4, -0.2) is 48.5 Å². The Morgan fingerprint density at radius 1 is 0.938 bits per heavy atom. The first-order chi connectivity index (χ1) is 22.4. The Bertz CT molecular complexity index is 1610. The number of ether oxygens (including phenoxy) is 1. The van der Waals surface area contributed by atoms with Crippen LogP contribution >= 0.6 is 0 Å². The Morgan fingerprint density at radius 2 is 1.54 bits per heavy atom. The highest BCUT2D eigenvalue weighted by molar-refractivity contribution is 6.70. The zero-order valence-corrected chi connectivity index (χ0v) is 32.5. The Labute approximate surface area is 291 Å². The molecule has 3 rings (SSSR count). The summed E-state index contributed by atoms with van der Waals surface area (Å²) in [4.78, 5) is 9.25. The van der Waals surface area contributed by atoms with Crippen molar-refractivity contribution < 1.29 is 13.6 Å². The van der Waals surface area contributed by atoms with Gasteiger partial charge in [-0.1, -0.05) is 62.4 Å². The van der Waals surface area contributed by atoms with Gasteiger partial charge in [0.05, 0.1) is 32.4 Å². The molecule has 0 saturated carbocycles. The molecule has 0 saturated heterocycles. The molecule has 0 atom stereocenters. The maximum atomic E-state index is 9.35. The second-order valence-corrected chi connectivity index (χ2v) is 24.6. The molecule has 0 bridgehead atoms. The molecule has 0 unspecified atom stereocenters. The van der Waals surface area contributed by atoms with Gasteiger partial charge in [0.25, 0.3) is 5.70 Å². The number of benzene rings is 1. The molecule has 1 heterocycles. The smallest absolute Gasteiger partial charge is 0.292 e. The van der Waals surface area contributed by atoms with E-state index in [1.54, 1.807) is 0 Å². The van der Waals surface area contributed by atoms with Crippen LogP contribution in [0.25, 0.3) is 15.8 Å². The highest BCUT2D eigenvalue weighted by Gasteiger charge is 2.38. The van der Waals surface area contributed by atoms with Gasteiger partial charge in [0.1, 0.15) is 11.4 Å². The number of allylic oxidation sites excluding steroid dienone is 7. The second-order valence-electron chi connectivity index (χ2n) is 15.6. The third-order valence-corrected chi connectivity index (χ3v) is 10.0. The average molecular weight is 681 g/mol. The van der Waals surface area contributed by atoms with Gasteiger partial charge in [-0.25, -0.2) is 15.0 Å². The quantitative estimate of drug-likeness (QED) is 0.118. The summed E-state index contributed by atoms with van der Waals surface area (Å²) in [5.41, 5.74) is 4.74. The van der Waals surface area contributed by atoms with Crippen molar-refractivity contribution in [3.05, 3.63) is 117 Å². The van der Waals surface area contributed by atoms with Crippen LogP contribution in [0.15, 0.2) is 88.5 Å². The number of rotatable bonds is 13. The van der Waals surface area contributed by atoms with Gasteiger partial charge in [0.2, 0.25) is 5.70 Å². The van der Waals surface area contributed by atoms with Crippen molar-refractivity contribution in [2.24, 2.45) is 5.41 Å². The maximum absolute atomic E-state index is 9.35. The molecule has 0 N–H and O–H groups in total. The molecule has 1 aliphatic heterocycles. The van der Waals surface area contributed by atoms with Crippen LogP contribution in [0.1, 0.15) is 46.1 Å². The first-order valence-corrected chi connectivity index (χ1v) is 23.4. The zero-order chi connectivity index (χ0) is 35.8. The van der Waals surface area contributed by atoms with Crippen LogP contribution in [0.2, 0.25) is 39.3 Å². The van der Waals surface area contributed by atoms with Crippen molar-refractivity contribution in [1.82, 2.24) is 0 Å². The van der Waals surface area contributed by atoms with Gasteiger partial charge in [-0.15, -0.1) is 0 Å². The Kier molecular flexibility index (Phi) is 12.8. The van der Waals surface area contributed by atoms with Crippen LogP contribution < -0.4 is 4.90 Å². The molecule has 48 heavy (non-hydrogen) atoms. The van der Waals surface area contributed by atoms with Crippen LogP contribution in [0.3, 0.4) is 0 Å². The molecule has 1 aromatic carbocycles. The van der Waals surface area contributed by atoms with Crippen molar-refractivity contribution in [2.75, 3.05) is 31.2 Å². The van der Waals surface area contributed by atoms with E-state index in [2.05, 4.69) is 116 Å². The summed E-state index contributed by atoms with van der Waals surface area (Å²) in [5.74, 6) is 0.0683. The normalized spacial score (nSPS) is 19.6. The van der Waals surface area contributed by atoms with Crippen molar-refractivity contribution in [2.45, 2.75) is 85.4 Å². The van der Waals surface area contributed by atoms with E-state index in [-0.39, 0.29) is 22.6 Å². The molecule has 0 amide bonds. The fourth-order valence-electron chi connectivity index (χ4n) is 5.73. The van der Waals surface area contributed by atoms with Gasteiger partial charge in [0, 0.05) is 24.4 Å². The van der Waals surface area contributed by atoms with E-state index in [9.17, 15) is 5.26 Å². The standard InChI is InChI=1S/C39H52N4O3Si2/c1-38(2)27-31(14-13-15-34-36(42-6)37(35(29-40)41-5)46-39(34,3)4)26-32(28-38)17-16-30-18-20-33(21-19-30)43(22-24-44-47(7,8)9)23-25-45-48(10,11)12/h13-21,26H,22-25,27-28H2,1-4,7-12H3/b15-13+,17-16+,31-14-,37-35+. The largest absolute Gasteiger partial charge is 0.505 e. The van der Waals surface area contributed by atoms with E-state index >= 15 is 0 Å².